The van der Waals surface area contributed by atoms with E-state index in [9.17, 15) is 4.79 Å². The van der Waals surface area contributed by atoms with Gasteiger partial charge in [0.25, 0.3) is 0 Å². The molecule has 0 fully saturated rings. The number of para-hydroxylation sites is 1. The Morgan fingerprint density at radius 3 is 2.62 bits per heavy atom. The highest BCUT2D eigenvalue weighted by atomic mass is 79.9. The number of rotatable bonds is 5. The number of nitrogens with zero attached hydrogens (tertiary/aromatic N) is 3. The van der Waals surface area contributed by atoms with Crippen molar-refractivity contribution in [2.45, 2.75) is 25.9 Å². The van der Waals surface area contributed by atoms with Crippen LogP contribution < -0.4 is 5.32 Å². The molecule has 1 N–H and O–H groups in total. The van der Waals surface area contributed by atoms with Gasteiger partial charge in [-0.1, -0.05) is 45.9 Å². The van der Waals surface area contributed by atoms with E-state index < -0.39 is 0 Å². The Bertz CT molecular complexity index is 954. The van der Waals surface area contributed by atoms with Gasteiger partial charge in [0.1, 0.15) is 5.82 Å². The van der Waals surface area contributed by atoms with Gasteiger partial charge >= 0.3 is 0 Å². The molecule has 0 unspecified atom stereocenters. The fraction of sp³-hybridized carbons (Fsp3) is 0.211. The molecule has 3 rings (SSSR count). The minimum atomic E-state index is -0.0753. The van der Waals surface area contributed by atoms with Crippen molar-refractivity contribution in [2.75, 3.05) is 11.1 Å². The number of halogens is 1. The van der Waals surface area contributed by atoms with Crippen LogP contribution in [-0.4, -0.2) is 26.4 Å². The van der Waals surface area contributed by atoms with Gasteiger partial charge in [-0.15, -0.1) is 10.2 Å². The number of nitrogens with one attached hydrogen (secondary N) is 1. The molecule has 0 aliphatic carbocycles. The molecule has 2 aromatic carbocycles. The van der Waals surface area contributed by atoms with Crippen molar-refractivity contribution in [3.05, 3.63) is 63.9 Å². The first-order valence-corrected chi connectivity index (χ1v) is 9.90. The van der Waals surface area contributed by atoms with Crippen LogP contribution in [0.4, 0.5) is 5.69 Å². The van der Waals surface area contributed by atoms with Crippen LogP contribution in [0.5, 0.6) is 0 Å². The number of anilines is 1. The zero-order chi connectivity index (χ0) is 18.7. The SMILES string of the molecule is Cc1cc(NC(=O)CSc2nnc(C)n2-c2ccccc2C)ccc1Br. The van der Waals surface area contributed by atoms with E-state index in [1.165, 1.54) is 11.8 Å². The first-order valence-electron chi connectivity index (χ1n) is 8.12. The first kappa shape index (κ1) is 18.7. The van der Waals surface area contributed by atoms with Gasteiger partial charge in [-0.2, -0.15) is 0 Å². The van der Waals surface area contributed by atoms with Gasteiger partial charge in [0.2, 0.25) is 5.91 Å². The average molecular weight is 431 g/mol. The number of hydrogen-bond donors (Lipinski definition) is 1. The fourth-order valence-corrected chi connectivity index (χ4v) is 3.61. The summed E-state index contributed by atoms with van der Waals surface area (Å²) in [5.41, 5.74) is 4.02. The Hall–Kier alpha value is -2.12. The monoisotopic (exact) mass is 430 g/mol. The van der Waals surface area contributed by atoms with E-state index in [1.54, 1.807) is 0 Å². The molecule has 1 amide bonds. The Morgan fingerprint density at radius 2 is 1.88 bits per heavy atom. The second-order valence-corrected chi connectivity index (χ2v) is 7.75. The summed E-state index contributed by atoms with van der Waals surface area (Å²) >= 11 is 4.83. The number of hydrogen-bond acceptors (Lipinski definition) is 4. The maximum Gasteiger partial charge on any atom is 0.234 e. The lowest BCUT2D eigenvalue weighted by atomic mass is 10.2. The van der Waals surface area contributed by atoms with Crippen LogP contribution in [0.3, 0.4) is 0 Å². The predicted molar refractivity (Wildman–Crippen MR) is 109 cm³/mol. The van der Waals surface area contributed by atoms with E-state index in [0.29, 0.717) is 5.16 Å². The largest absolute Gasteiger partial charge is 0.325 e. The molecule has 0 saturated heterocycles. The normalized spacial score (nSPS) is 10.8. The highest BCUT2D eigenvalue weighted by molar-refractivity contribution is 9.10. The van der Waals surface area contributed by atoms with Crippen molar-refractivity contribution in [1.82, 2.24) is 14.8 Å². The third-order valence-corrected chi connectivity index (χ3v) is 5.74. The summed E-state index contributed by atoms with van der Waals surface area (Å²) in [4.78, 5) is 12.3. The van der Waals surface area contributed by atoms with Crippen LogP contribution in [0.15, 0.2) is 52.1 Å². The molecule has 0 atom stereocenters. The van der Waals surface area contributed by atoms with Crippen molar-refractivity contribution in [2.24, 2.45) is 0 Å². The van der Waals surface area contributed by atoms with Crippen LogP contribution in [0.2, 0.25) is 0 Å². The van der Waals surface area contributed by atoms with Gasteiger partial charge in [-0.3, -0.25) is 9.36 Å². The molecule has 7 heteroatoms. The summed E-state index contributed by atoms with van der Waals surface area (Å²) in [5.74, 6) is 0.985. The average Bonchev–Trinajstić information content (AvgIpc) is 2.97. The standard InChI is InChI=1S/C19H19BrN4OS/c1-12-6-4-5-7-17(12)24-14(3)22-23-19(24)26-11-18(25)21-15-8-9-16(20)13(2)10-15/h4-10H,11H2,1-3H3,(H,21,25). The predicted octanol–water partition coefficient (Wildman–Crippen LogP) is 4.69. The third-order valence-electron chi connectivity index (χ3n) is 3.93. The Labute approximate surface area is 165 Å². The number of carbonyl (C=O) groups excluding carboxylic acids is 1. The zero-order valence-corrected chi connectivity index (χ0v) is 17.2. The molecule has 0 spiro atoms. The van der Waals surface area contributed by atoms with Gasteiger partial charge in [-0.25, -0.2) is 0 Å². The van der Waals surface area contributed by atoms with Crippen LogP contribution in [0.1, 0.15) is 17.0 Å². The van der Waals surface area contributed by atoms with Crippen LogP contribution in [-0.2, 0) is 4.79 Å². The molecule has 0 aliphatic rings. The van der Waals surface area contributed by atoms with Crippen LogP contribution >= 0.6 is 27.7 Å². The molecule has 0 saturated carbocycles. The number of benzene rings is 2. The van der Waals surface area contributed by atoms with Gasteiger partial charge in [0, 0.05) is 10.2 Å². The highest BCUT2D eigenvalue weighted by Gasteiger charge is 2.14. The van der Waals surface area contributed by atoms with E-state index in [4.69, 9.17) is 0 Å². The minimum absolute atomic E-state index is 0.0753. The minimum Gasteiger partial charge on any atom is -0.325 e. The number of carbonyl (C=O) groups is 1. The Kier molecular flexibility index (Phi) is 5.78. The number of thioether (sulfide) groups is 1. The summed E-state index contributed by atoms with van der Waals surface area (Å²) < 4.78 is 3.00. The summed E-state index contributed by atoms with van der Waals surface area (Å²) in [5, 5.41) is 12.0. The van der Waals surface area contributed by atoms with Crippen molar-refractivity contribution < 1.29 is 4.79 Å². The Balaban J connectivity index is 1.71. The van der Waals surface area contributed by atoms with E-state index in [1.807, 2.05) is 67.8 Å². The van der Waals surface area contributed by atoms with Gasteiger partial charge in [0.15, 0.2) is 5.16 Å². The summed E-state index contributed by atoms with van der Waals surface area (Å²) in [6.45, 7) is 5.95. The first-order chi connectivity index (χ1) is 12.5. The quantitative estimate of drug-likeness (QED) is 0.596. The van der Waals surface area contributed by atoms with Gasteiger partial charge in [0.05, 0.1) is 11.4 Å². The van der Waals surface area contributed by atoms with Gasteiger partial charge < -0.3 is 5.32 Å². The summed E-state index contributed by atoms with van der Waals surface area (Å²) in [7, 11) is 0. The van der Waals surface area contributed by atoms with E-state index in [-0.39, 0.29) is 11.7 Å². The van der Waals surface area contributed by atoms with Crippen molar-refractivity contribution in [1.29, 1.82) is 0 Å². The van der Waals surface area contributed by atoms with Crippen molar-refractivity contribution in [3.63, 3.8) is 0 Å². The maximum absolute atomic E-state index is 12.3. The smallest absolute Gasteiger partial charge is 0.234 e. The summed E-state index contributed by atoms with van der Waals surface area (Å²) in [6, 6.07) is 13.8. The lowest BCUT2D eigenvalue weighted by Crippen LogP contribution is -2.14. The highest BCUT2D eigenvalue weighted by Crippen LogP contribution is 2.24. The number of aryl methyl sites for hydroxylation is 3. The lowest BCUT2D eigenvalue weighted by Gasteiger charge is -2.11. The summed E-state index contributed by atoms with van der Waals surface area (Å²) in [6.07, 6.45) is 0. The second kappa shape index (κ2) is 8.05. The molecule has 0 bridgehead atoms. The van der Waals surface area contributed by atoms with Crippen LogP contribution in [0, 0.1) is 20.8 Å². The second-order valence-electron chi connectivity index (χ2n) is 5.95. The molecule has 0 radical (unpaired) electrons. The van der Waals surface area contributed by atoms with Crippen molar-refractivity contribution in [3.8, 4) is 5.69 Å². The van der Waals surface area contributed by atoms with Crippen molar-refractivity contribution >= 4 is 39.3 Å². The van der Waals surface area contributed by atoms with Crippen LogP contribution in [0.25, 0.3) is 5.69 Å². The molecular weight excluding hydrogens is 412 g/mol. The van der Waals surface area contributed by atoms with E-state index >= 15 is 0 Å². The molecule has 134 valence electrons. The molecule has 1 aromatic heterocycles. The molecule has 1 heterocycles. The number of aromatic nitrogens is 3. The maximum atomic E-state index is 12.3. The number of amides is 1. The van der Waals surface area contributed by atoms with E-state index in [0.717, 1.165) is 32.8 Å². The van der Waals surface area contributed by atoms with E-state index in [2.05, 4.69) is 31.4 Å². The molecule has 3 aromatic rings. The fourth-order valence-electron chi connectivity index (χ4n) is 2.58. The Morgan fingerprint density at radius 1 is 1.12 bits per heavy atom. The molecule has 5 nitrogen and oxygen atoms in total. The molecule has 26 heavy (non-hydrogen) atoms. The molecular formula is C19H19BrN4OS. The lowest BCUT2D eigenvalue weighted by molar-refractivity contribution is -0.113. The molecule has 0 aliphatic heterocycles. The zero-order valence-electron chi connectivity index (χ0n) is 14.8. The third kappa shape index (κ3) is 4.16. The van der Waals surface area contributed by atoms with Gasteiger partial charge in [-0.05, 0) is 56.2 Å². The topological polar surface area (TPSA) is 59.8 Å².